The van der Waals surface area contributed by atoms with Gasteiger partial charge in [0.05, 0.1) is 13.2 Å². The molecule has 2 heterocycles. The maximum absolute atomic E-state index is 6.30. The molecule has 1 saturated heterocycles. The van der Waals surface area contributed by atoms with E-state index in [2.05, 4.69) is 40.6 Å². The van der Waals surface area contributed by atoms with Gasteiger partial charge in [-0.1, -0.05) is 24.3 Å². The molecule has 2 aliphatic rings. The Morgan fingerprint density at radius 2 is 2.00 bits per heavy atom. The van der Waals surface area contributed by atoms with E-state index in [1.807, 2.05) is 0 Å². The molecule has 1 aromatic carbocycles. The Balaban J connectivity index is 1.91. The maximum atomic E-state index is 6.30. The number of halogens is 1. The van der Waals surface area contributed by atoms with Crippen molar-refractivity contribution in [3.8, 4) is 0 Å². The minimum Gasteiger partial charge on any atom is -0.378 e. The van der Waals surface area contributed by atoms with Crippen molar-refractivity contribution in [3.63, 3.8) is 0 Å². The minimum atomic E-state index is 0.232. The minimum absolute atomic E-state index is 0.232. The molecule has 0 spiro atoms. The van der Waals surface area contributed by atoms with Crippen LogP contribution in [0, 0.1) is 4.71 Å². The van der Waals surface area contributed by atoms with Crippen molar-refractivity contribution in [2.45, 2.75) is 5.92 Å². The molecule has 0 amide bonds. The maximum Gasteiger partial charge on any atom is 0.133 e. The Kier molecular flexibility index (Phi) is 3.83. The van der Waals surface area contributed by atoms with Crippen LogP contribution in [0.4, 0.5) is 5.69 Å². The van der Waals surface area contributed by atoms with Crippen molar-refractivity contribution in [1.82, 2.24) is 0 Å². The summed E-state index contributed by atoms with van der Waals surface area (Å²) < 4.78 is 6.36. The third-order valence-corrected chi connectivity index (χ3v) is 4.59. The lowest BCUT2D eigenvalue weighted by Gasteiger charge is -2.31. The number of para-hydroxylation sites is 1. The number of rotatable bonds is 2. The zero-order chi connectivity index (χ0) is 12.4. The van der Waals surface area contributed by atoms with Crippen LogP contribution in [0.25, 0.3) is 0 Å². The van der Waals surface area contributed by atoms with E-state index in [0.717, 1.165) is 31.0 Å². The number of allylic oxidation sites excluding steroid dienone is 1. The lowest BCUT2D eigenvalue weighted by molar-refractivity contribution is 0.122. The molecule has 1 unspecified atom stereocenters. The van der Waals surface area contributed by atoms with E-state index in [1.54, 1.807) is 11.8 Å². The number of benzene rings is 1. The number of anilines is 1. The average molecular weight is 281 g/mol. The molecule has 0 N–H and O–H groups in total. The van der Waals surface area contributed by atoms with Gasteiger partial charge in [0, 0.05) is 24.7 Å². The summed E-state index contributed by atoms with van der Waals surface area (Å²) in [6, 6.07) is 8.53. The van der Waals surface area contributed by atoms with Crippen molar-refractivity contribution in [2.75, 3.05) is 31.2 Å². The summed E-state index contributed by atoms with van der Waals surface area (Å²) in [6.07, 6.45) is 2.17. The molecular weight excluding hydrogens is 266 g/mol. The standard InChI is InChI=1S/C14H15ClNOS/c15-14-12(5-10-18-14)11-3-1-2-4-13(11)16-6-8-17-9-7-16/h1-5,10,12H,6-9H2. The van der Waals surface area contributed by atoms with Crippen LogP contribution >= 0.6 is 23.4 Å². The zero-order valence-corrected chi connectivity index (χ0v) is 11.6. The first kappa shape index (κ1) is 12.4. The molecule has 2 aliphatic heterocycles. The van der Waals surface area contributed by atoms with E-state index in [-0.39, 0.29) is 5.92 Å². The molecule has 0 bridgehead atoms. The van der Waals surface area contributed by atoms with Gasteiger partial charge in [0.2, 0.25) is 0 Å². The number of ether oxygens (including phenoxy) is 1. The van der Waals surface area contributed by atoms with E-state index in [1.165, 1.54) is 11.3 Å². The summed E-state index contributed by atoms with van der Waals surface area (Å²) in [6.45, 7) is 3.53. The summed E-state index contributed by atoms with van der Waals surface area (Å²) in [5.74, 6) is 0.232. The van der Waals surface area contributed by atoms with Crippen LogP contribution in [0.3, 0.4) is 0 Å². The van der Waals surface area contributed by atoms with Gasteiger partial charge in [-0.2, -0.15) is 0 Å². The van der Waals surface area contributed by atoms with Crippen LogP contribution in [0.2, 0.25) is 0 Å². The van der Waals surface area contributed by atoms with E-state index < -0.39 is 0 Å². The fourth-order valence-electron chi connectivity index (χ4n) is 2.40. The smallest absolute Gasteiger partial charge is 0.133 e. The molecule has 0 aromatic heterocycles. The van der Waals surface area contributed by atoms with Crippen molar-refractivity contribution in [2.24, 2.45) is 0 Å². The fraction of sp³-hybridized carbons (Fsp3) is 0.357. The van der Waals surface area contributed by atoms with Crippen LogP contribution in [-0.2, 0) is 4.74 Å². The van der Waals surface area contributed by atoms with Crippen LogP contribution in [0.1, 0.15) is 11.5 Å². The second-order valence-corrected chi connectivity index (χ2v) is 5.97. The quantitative estimate of drug-likeness (QED) is 0.821. The monoisotopic (exact) mass is 280 g/mol. The Morgan fingerprint density at radius 1 is 1.22 bits per heavy atom. The lowest BCUT2D eigenvalue weighted by atomic mass is 9.98. The summed E-state index contributed by atoms with van der Waals surface area (Å²) in [5, 5.41) is 2.07. The Hall–Kier alpha value is -0.640. The highest BCUT2D eigenvalue weighted by atomic mass is 35.5. The van der Waals surface area contributed by atoms with Crippen LogP contribution < -0.4 is 4.90 Å². The molecule has 0 aliphatic carbocycles. The van der Waals surface area contributed by atoms with Gasteiger partial charge in [0.1, 0.15) is 4.71 Å². The third kappa shape index (κ3) is 2.40. The molecule has 1 fully saturated rings. The molecule has 18 heavy (non-hydrogen) atoms. The predicted molar refractivity (Wildman–Crippen MR) is 78.0 cm³/mol. The first-order chi connectivity index (χ1) is 8.86. The van der Waals surface area contributed by atoms with E-state index in [9.17, 15) is 0 Å². The topological polar surface area (TPSA) is 12.5 Å². The molecule has 4 heteroatoms. The van der Waals surface area contributed by atoms with Gasteiger partial charge < -0.3 is 9.64 Å². The van der Waals surface area contributed by atoms with Gasteiger partial charge in [-0.3, -0.25) is 0 Å². The predicted octanol–water partition coefficient (Wildman–Crippen LogP) is 3.60. The Labute approximate surface area is 117 Å². The van der Waals surface area contributed by atoms with E-state index in [4.69, 9.17) is 16.3 Å². The molecule has 3 rings (SSSR count). The first-order valence-electron chi connectivity index (χ1n) is 6.13. The van der Waals surface area contributed by atoms with E-state index >= 15 is 0 Å². The molecule has 1 aromatic rings. The Morgan fingerprint density at radius 3 is 2.72 bits per heavy atom. The number of hydrogen-bond donors (Lipinski definition) is 0. The molecule has 0 saturated carbocycles. The number of nitrogens with zero attached hydrogens (tertiary/aromatic N) is 1. The number of hydrogen-bond acceptors (Lipinski definition) is 3. The molecule has 95 valence electrons. The second-order valence-electron chi connectivity index (χ2n) is 4.39. The van der Waals surface area contributed by atoms with E-state index in [0.29, 0.717) is 0 Å². The zero-order valence-electron chi connectivity index (χ0n) is 10.0. The second kappa shape index (κ2) is 5.55. The molecule has 1 atom stereocenters. The summed E-state index contributed by atoms with van der Waals surface area (Å²) >= 11 is 7.91. The number of thioether (sulfide) groups is 1. The van der Waals surface area contributed by atoms with Gasteiger partial charge >= 0.3 is 0 Å². The first-order valence-corrected chi connectivity index (χ1v) is 7.39. The molecule has 1 radical (unpaired) electrons. The highest BCUT2D eigenvalue weighted by molar-refractivity contribution is 8.06. The normalized spacial score (nSPS) is 24.7. The van der Waals surface area contributed by atoms with Crippen LogP contribution in [0.5, 0.6) is 0 Å². The molecule has 2 nitrogen and oxygen atoms in total. The fourth-order valence-corrected chi connectivity index (χ4v) is 3.46. The summed E-state index contributed by atoms with van der Waals surface area (Å²) in [7, 11) is 0. The highest BCUT2D eigenvalue weighted by Crippen LogP contribution is 2.48. The lowest BCUT2D eigenvalue weighted by Crippen LogP contribution is -2.36. The van der Waals surface area contributed by atoms with Crippen LogP contribution in [0.15, 0.2) is 35.7 Å². The third-order valence-electron chi connectivity index (χ3n) is 3.32. The number of morpholine rings is 1. The van der Waals surface area contributed by atoms with Crippen LogP contribution in [-0.4, -0.2) is 26.3 Å². The average Bonchev–Trinajstić information content (AvgIpc) is 2.86. The molecular formula is C14H15ClNOS. The van der Waals surface area contributed by atoms with Gasteiger partial charge in [-0.25, -0.2) is 0 Å². The van der Waals surface area contributed by atoms with Crippen molar-refractivity contribution in [1.29, 1.82) is 0 Å². The van der Waals surface area contributed by atoms with Gasteiger partial charge in [0.15, 0.2) is 0 Å². The van der Waals surface area contributed by atoms with Gasteiger partial charge in [-0.05, 0) is 17.0 Å². The van der Waals surface area contributed by atoms with Crippen molar-refractivity contribution < 1.29 is 4.74 Å². The highest BCUT2D eigenvalue weighted by Gasteiger charge is 2.27. The van der Waals surface area contributed by atoms with Gasteiger partial charge in [0.25, 0.3) is 0 Å². The largest absolute Gasteiger partial charge is 0.378 e. The Bertz CT molecular complexity index is 445. The SMILES string of the molecule is Cl[C]1SC=CC1c1ccccc1N1CCOCC1. The summed E-state index contributed by atoms with van der Waals surface area (Å²) in [4.78, 5) is 2.39. The van der Waals surface area contributed by atoms with Gasteiger partial charge in [-0.15, -0.1) is 23.4 Å². The van der Waals surface area contributed by atoms with Crippen molar-refractivity contribution in [3.05, 3.63) is 46.0 Å². The van der Waals surface area contributed by atoms with Crippen molar-refractivity contribution >= 4 is 29.1 Å². The summed E-state index contributed by atoms with van der Waals surface area (Å²) in [5.41, 5.74) is 2.58.